The van der Waals surface area contributed by atoms with E-state index in [2.05, 4.69) is 5.32 Å². The van der Waals surface area contributed by atoms with Crippen LogP contribution in [0, 0.1) is 15.9 Å². The standard InChI is InChI=1S/C20H17FN2O3/c21-17-5-1-16(2-6-17)14-26-20-11-3-15(4-12-20)13-22-18-7-9-19(10-8-18)23(24)25/h1-12,22H,13-14H2. The molecule has 5 nitrogen and oxygen atoms in total. The molecule has 3 aromatic rings. The molecule has 3 rings (SSSR count). The lowest BCUT2D eigenvalue weighted by Crippen LogP contribution is -2.00. The highest BCUT2D eigenvalue weighted by Gasteiger charge is 2.04. The molecule has 0 atom stereocenters. The summed E-state index contributed by atoms with van der Waals surface area (Å²) in [6.45, 7) is 0.969. The Morgan fingerprint density at radius 3 is 2.12 bits per heavy atom. The van der Waals surface area contributed by atoms with Gasteiger partial charge in [-0.25, -0.2) is 4.39 Å². The van der Waals surface area contributed by atoms with Crippen LogP contribution in [-0.2, 0) is 13.2 Å². The molecule has 0 aliphatic carbocycles. The first-order valence-corrected chi connectivity index (χ1v) is 8.05. The van der Waals surface area contributed by atoms with Crippen LogP contribution in [0.15, 0.2) is 72.8 Å². The summed E-state index contributed by atoms with van der Waals surface area (Å²) >= 11 is 0. The second-order valence-electron chi connectivity index (χ2n) is 5.72. The number of hydrogen-bond donors (Lipinski definition) is 1. The second kappa shape index (κ2) is 8.11. The monoisotopic (exact) mass is 352 g/mol. The van der Waals surface area contributed by atoms with Gasteiger partial charge in [-0.15, -0.1) is 0 Å². The number of nitro groups is 1. The van der Waals surface area contributed by atoms with Gasteiger partial charge >= 0.3 is 0 Å². The van der Waals surface area contributed by atoms with Crippen molar-refractivity contribution in [1.29, 1.82) is 0 Å². The molecule has 0 heterocycles. The number of hydrogen-bond acceptors (Lipinski definition) is 4. The Balaban J connectivity index is 1.50. The molecule has 0 saturated carbocycles. The van der Waals surface area contributed by atoms with Crippen LogP contribution in [0.1, 0.15) is 11.1 Å². The summed E-state index contributed by atoms with van der Waals surface area (Å²) in [5, 5.41) is 13.8. The molecule has 0 aliphatic heterocycles. The number of nitrogens with zero attached hydrogens (tertiary/aromatic N) is 1. The fourth-order valence-corrected chi connectivity index (χ4v) is 2.36. The quantitative estimate of drug-likeness (QED) is 0.484. The van der Waals surface area contributed by atoms with Crippen molar-refractivity contribution in [1.82, 2.24) is 0 Å². The van der Waals surface area contributed by atoms with Gasteiger partial charge in [-0.2, -0.15) is 0 Å². The fourth-order valence-electron chi connectivity index (χ4n) is 2.36. The van der Waals surface area contributed by atoms with Gasteiger partial charge in [0.25, 0.3) is 5.69 Å². The lowest BCUT2D eigenvalue weighted by Gasteiger charge is -2.09. The maximum Gasteiger partial charge on any atom is 0.269 e. The number of benzene rings is 3. The Bertz CT molecular complexity index is 863. The van der Waals surface area contributed by atoms with Gasteiger partial charge in [-0.3, -0.25) is 10.1 Å². The molecular weight excluding hydrogens is 335 g/mol. The van der Waals surface area contributed by atoms with Crippen LogP contribution in [-0.4, -0.2) is 4.92 Å². The molecule has 0 radical (unpaired) electrons. The van der Waals surface area contributed by atoms with Gasteiger partial charge in [0.05, 0.1) is 4.92 Å². The van der Waals surface area contributed by atoms with Crippen molar-refractivity contribution < 1.29 is 14.1 Å². The average Bonchev–Trinajstić information content (AvgIpc) is 2.67. The van der Waals surface area contributed by atoms with Crippen LogP contribution in [0.3, 0.4) is 0 Å². The topological polar surface area (TPSA) is 64.4 Å². The maximum atomic E-state index is 12.9. The average molecular weight is 352 g/mol. The van der Waals surface area contributed by atoms with Gasteiger partial charge in [0.2, 0.25) is 0 Å². The third kappa shape index (κ3) is 4.80. The first-order chi connectivity index (χ1) is 12.6. The molecule has 1 N–H and O–H groups in total. The fraction of sp³-hybridized carbons (Fsp3) is 0.100. The summed E-state index contributed by atoms with van der Waals surface area (Å²) in [5.74, 6) is 0.465. The van der Waals surface area contributed by atoms with Crippen LogP contribution in [0.25, 0.3) is 0 Å². The number of ether oxygens (including phenoxy) is 1. The summed E-state index contributed by atoms with van der Waals surface area (Å²) in [7, 11) is 0. The molecule has 132 valence electrons. The Morgan fingerprint density at radius 1 is 0.885 bits per heavy atom. The maximum absolute atomic E-state index is 12.9. The SMILES string of the molecule is O=[N+]([O-])c1ccc(NCc2ccc(OCc3ccc(F)cc3)cc2)cc1. The number of rotatable bonds is 7. The number of halogens is 1. The molecule has 0 fully saturated rings. The Morgan fingerprint density at radius 2 is 1.50 bits per heavy atom. The van der Waals surface area contributed by atoms with E-state index in [-0.39, 0.29) is 11.5 Å². The predicted molar refractivity (Wildman–Crippen MR) is 97.6 cm³/mol. The molecule has 0 aliphatic rings. The third-order valence-electron chi connectivity index (χ3n) is 3.82. The van der Waals surface area contributed by atoms with E-state index in [9.17, 15) is 14.5 Å². The van der Waals surface area contributed by atoms with E-state index >= 15 is 0 Å². The van der Waals surface area contributed by atoms with E-state index in [1.807, 2.05) is 24.3 Å². The van der Waals surface area contributed by atoms with Crippen molar-refractivity contribution >= 4 is 11.4 Å². The largest absolute Gasteiger partial charge is 0.489 e. The van der Waals surface area contributed by atoms with Crippen LogP contribution in [0.2, 0.25) is 0 Å². The Labute approximate surface area is 150 Å². The van der Waals surface area contributed by atoms with Crippen molar-refractivity contribution in [3.05, 3.63) is 99.9 Å². The zero-order chi connectivity index (χ0) is 18.4. The Hall–Kier alpha value is -3.41. The van der Waals surface area contributed by atoms with E-state index in [0.717, 1.165) is 22.6 Å². The van der Waals surface area contributed by atoms with Gasteiger partial charge < -0.3 is 10.1 Å². The second-order valence-corrected chi connectivity index (χ2v) is 5.72. The minimum atomic E-state index is -0.422. The third-order valence-corrected chi connectivity index (χ3v) is 3.82. The summed E-state index contributed by atoms with van der Waals surface area (Å²) in [4.78, 5) is 10.2. The zero-order valence-electron chi connectivity index (χ0n) is 13.9. The van der Waals surface area contributed by atoms with Crippen molar-refractivity contribution in [3.8, 4) is 5.75 Å². The molecular formula is C20H17FN2O3. The lowest BCUT2D eigenvalue weighted by molar-refractivity contribution is -0.384. The van der Waals surface area contributed by atoms with E-state index in [4.69, 9.17) is 4.74 Å². The van der Waals surface area contributed by atoms with E-state index in [0.29, 0.717) is 13.2 Å². The summed E-state index contributed by atoms with van der Waals surface area (Å²) in [5.41, 5.74) is 2.83. The zero-order valence-corrected chi connectivity index (χ0v) is 13.9. The minimum Gasteiger partial charge on any atom is -0.489 e. The van der Waals surface area contributed by atoms with Gasteiger partial charge in [0, 0.05) is 24.4 Å². The number of nitrogens with one attached hydrogen (secondary N) is 1. The first kappa shape index (κ1) is 17.4. The number of non-ortho nitro benzene ring substituents is 1. The van der Waals surface area contributed by atoms with E-state index < -0.39 is 4.92 Å². The molecule has 0 amide bonds. The molecule has 0 unspecified atom stereocenters. The van der Waals surface area contributed by atoms with Gasteiger partial charge in [0.15, 0.2) is 0 Å². The molecule has 0 bridgehead atoms. The molecule has 26 heavy (non-hydrogen) atoms. The number of nitro benzene ring substituents is 1. The number of anilines is 1. The first-order valence-electron chi connectivity index (χ1n) is 8.05. The van der Waals surface area contributed by atoms with E-state index in [1.165, 1.54) is 24.3 Å². The van der Waals surface area contributed by atoms with Crippen LogP contribution in [0.5, 0.6) is 5.75 Å². The smallest absolute Gasteiger partial charge is 0.269 e. The normalized spacial score (nSPS) is 10.3. The predicted octanol–water partition coefficient (Wildman–Crippen LogP) is 4.93. The summed E-state index contributed by atoms with van der Waals surface area (Å²) < 4.78 is 18.5. The van der Waals surface area contributed by atoms with Crippen molar-refractivity contribution in [2.24, 2.45) is 0 Å². The summed E-state index contributed by atoms with van der Waals surface area (Å²) in [6, 6.07) is 20.1. The van der Waals surface area contributed by atoms with Crippen molar-refractivity contribution in [3.63, 3.8) is 0 Å². The molecule has 0 saturated heterocycles. The van der Waals surface area contributed by atoms with Crippen molar-refractivity contribution in [2.75, 3.05) is 5.32 Å². The summed E-state index contributed by atoms with van der Waals surface area (Å²) in [6.07, 6.45) is 0. The molecule has 0 aromatic heterocycles. The lowest BCUT2D eigenvalue weighted by atomic mass is 10.2. The van der Waals surface area contributed by atoms with Gasteiger partial charge in [-0.1, -0.05) is 24.3 Å². The van der Waals surface area contributed by atoms with Crippen LogP contribution < -0.4 is 10.1 Å². The van der Waals surface area contributed by atoms with Crippen LogP contribution in [0.4, 0.5) is 15.8 Å². The highest BCUT2D eigenvalue weighted by molar-refractivity contribution is 5.49. The van der Waals surface area contributed by atoms with E-state index in [1.54, 1.807) is 24.3 Å². The van der Waals surface area contributed by atoms with Gasteiger partial charge in [0.1, 0.15) is 18.2 Å². The molecule has 3 aromatic carbocycles. The van der Waals surface area contributed by atoms with Crippen molar-refractivity contribution in [2.45, 2.75) is 13.2 Å². The Kier molecular flexibility index (Phi) is 5.43. The van der Waals surface area contributed by atoms with Crippen LogP contribution >= 0.6 is 0 Å². The molecule has 6 heteroatoms. The highest BCUT2D eigenvalue weighted by atomic mass is 19.1. The highest BCUT2D eigenvalue weighted by Crippen LogP contribution is 2.18. The molecule has 0 spiro atoms. The minimum absolute atomic E-state index is 0.0678. The van der Waals surface area contributed by atoms with Gasteiger partial charge in [-0.05, 0) is 47.5 Å².